The highest BCUT2D eigenvalue weighted by Crippen LogP contribution is 2.36. The largest absolute Gasteiger partial charge is 0.392 e. The molecular weight excluding hydrogens is 290 g/mol. The van der Waals surface area contributed by atoms with E-state index >= 15 is 0 Å². The predicted octanol–water partition coefficient (Wildman–Crippen LogP) is 0.534. The number of piperidine rings is 1. The van der Waals surface area contributed by atoms with E-state index in [1.807, 2.05) is 0 Å². The minimum atomic E-state index is -0.854. The average molecular weight is 311 g/mol. The van der Waals surface area contributed by atoms with Gasteiger partial charge in [-0.1, -0.05) is 37.9 Å². The molecule has 2 aliphatic rings. The van der Waals surface area contributed by atoms with Gasteiger partial charge >= 0.3 is 0 Å². The van der Waals surface area contributed by atoms with Crippen molar-refractivity contribution in [1.82, 2.24) is 10.6 Å². The lowest BCUT2D eigenvalue weighted by atomic mass is 9.79. The van der Waals surface area contributed by atoms with Crippen molar-refractivity contribution in [3.05, 3.63) is 0 Å². The van der Waals surface area contributed by atoms with Crippen LogP contribution in [-0.4, -0.2) is 28.8 Å². The molecule has 0 aromatic rings. The van der Waals surface area contributed by atoms with Crippen molar-refractivity contribution in [2.75, 3.05) is 0 Å². The van der Waals surface area contributed by atoms with Crippen molar-refractivity contribution in [2.45, 2.75) is 57.4 Å². The van der Waals surface area contributed by atoms with Crippen LogP contribution in [0.25, 0.3) is 0 Å². The number of amides is 3. The van der Waals surface area contributed by atoms with Crippen molar-refractivity contribution in [2.24, 2.45) is 11.1 Å². The summed E-state index contributed by atoms with van der Waals surface area (Å²) in [6, 6.07) is -0.676. The topological polar surface area (TPSA) is 101 Å². The van der Waals surface area contributed by atoms with E-state index in [-0.39, 0.29) is 23.2 Å². The first-order valence-electron chi connectivity index (χ1n) is 7.40. The Bertz CT molecular complexity index is 470. The third-order valence-electron chi connectivity index (χ3n) is 4.41. The van der Waals surface area contributed by atoms with E-state index in [2.05, 4.69) is 10.6 Å². The van der Waals surface area contributed by atoms with Crippen LogP contribution in [0.15, 0.2) is 0 Å². The Morgan fingerprint density at radius 1 is 1.24 bits per heavy atom. The van der Waals surface area contributed by atoms with Crippen LogP contribution in [0.3, 0.4) is 0 Å². The monoisotopic (exact) mass is 311 g/mol. The second-order valence-corrected chi connectivity index (χ2v) is 6.28. The average Bonchev–Trinajstić information content (AvgIpc) is 2.68. The second kappa shape index (κ2) is 6.51. The van der Waals surface area contributed by atoms with Gasteiger partial charge in [-0.05, 0) is 19.3 Å². The Labute approximate surface area is 129 Å². The predicted molar refractivity (Wildman–Crippen MR) is 81.2 cm³/mol. The number of rotatable bonds is 3. The molecule has 2 fully saturated rings. The molecular formula is C14H21N3O3S. The van der Waals surface area contributed by atoms with Crippen LogP contribution in [-0.2, 0) is 14.4 Å². The van der Waals surface area contributed by atoms with E-state index in [0.29, 0.717) is 19.3 Å². The zero-order valence-electron chi connectivity index (χ0n) is 11.9. The summed E-state index contributed by atoms with van der Waals surface area (Å²) in [5.41, 5.74) is 5.00. The molecule has 3 amide bonds. The zero-order chi connectivity index (χ0) is 15.5. The van der Waals surface area contributed by atoms with Crippen LogP contribution in [0.1, 0.15) is 51.4 Å². The van der Waals surface area contributed by atoms with E-state index in [9.17, 15) is 14.4 Å². The summed E-state index contributed by atoms with van der Waals surface area (Å²) in [7, 11) is 0. The van der Waals surface area contributed by atoms with Gasteiger partial charge in [0.05, 0.1) is 10.4 Å². The van der Waals surface area contributed by atoms with Gasteiger partial charge in [0.15, 0.2) is 0 Å². The van der Waals surface area contributed by atoms with Crippen LogP contribution in [0.2, 0.25) is 0 Å². The molecule has 116 valence electrons. The Morgan fingerprint density at radius 2 is 1.86 bits per heavy atom. The van der Waals surface area contributed by atoms with Gasteiger partial charge in [0.2, 0.25) is 17.7 Å². The summed E-state index contributed by atoms with van der Waals surface area (Å²) in [6.45, 7) is 0. The van der Waals surface area contributed by atoms with Gasteiger partial charge in [-0.2, -0.15) is 0 Å². The number of carbonyl (C=O) groups is 3. The van der Waals surface area contributed by atoms with Gasteiger partial charge < -0.3 is 11.1 Å². The molecule has 1 aliphatic carbocycles. The smallest absolute Gasteiger partial charge is 0.249 e. The minimum absolute atomic E-state index is 0.203. The van der Waals surface area contributed by atoms with Crippen LogP contribution in [0.5, 0.6) is 0 Å². The highest BCUT2D eigenvalue weighted by Gasteiger charge is 2.43. The number of nitrogens with one attached hydrogen (secondary N) is 2. The van der Waals surface area contributed by atoms with Gasteiger partial charge in [-0.25, -0.2) is 0 Å². The number of hydrogen-bond acceptors (Lipinski definition) is 4. The third-order valence-corrected chi connectivity index (χ3v) is 4.80. The van der Waals surface area contributed by atoms with Gasteiger partial charge in [0.25, 0.3) is 0 Å². The summed E-state index contributed by atoms with van der Waals surface area (Å²) in [6.07, 6.45) is 5.75. The Morgan fingerprint density at radius 3 is 2.38 bits per heavy atom. The molecule has 0 aromatic heterocycles. The number of carbonyl (C=O) groups excluding carboxylic acids is 3. The van der Waals surface area contributed by atoms with Crippen molar-refractivity contribution in [3.8, 4) is 0 Å². The lowest BCUT2D eigenvalue weighted by Gasteiger charge is -2.32. The van der Waals surface area contributed by atoms with E-state index < -0.39 is 17.4 Å². The SMILES string of the molecule is NC(=S)C1(C(=O)NC2CCC(=O)NC2=O)CCCCCC1. The number of thiocarbonyl (C=S) groups is 1. The molecule has 4 N–H and O–H groups in total. The first kappa shape index (κ1) is 15.9. The highest BCUT2D eigenvalue weighted by molar-refractivity contribution is 7.80. The lowest BCUT2D eigenvalue weighted by Crippen LogP contribution is -2.57. The summed E-state index contributed by atoms with van der Waals surface area (Å²) in [4.78, 5) is 35.8. The van der Waals surface area contributed by atoms with E-state index in [1.165, 1.54) is 0 Å². The molecule has 1 atom stereocenters. The van der Waals surface area contributed by atoms with Crippen molar-refractivity contribution in [3.63, 3.8) is 0 Å². The molecule has 0 bridgehead atoms. The fraction of sp³-hybridized carbons (Fsp3) is 0.714. The summed E-state index contributed by atoms with van der Waals surface area (Å²) >= 11 is 5.14. The van der Waals surface area contributed by atoms with Gasteiger partial charge in [0.1, 0.15) is 6.04 Å². The van der Waals surface area contributed by atoms with E-state index in [0.717, 1.165) is 25.7 Å². The lowest BCUT2D eigenvalue weighted by molar-refractivity contribution is -0.139. The van der Waals surface area contributed by atoms with Crippen LogP contribution in [0, 0.1) is 5.41 Å². The van der Waals surface area contributed by atoms with Crippen molar-refractivity contribution >= 4 is 34.9 Å². The molecule has 1 heterocycles. The normalized spacial score (nSPS) is 25.6. The zero-order valence-corrected chi connectivity index (χ0v) is 12.8. The Balaban J connectivity index is 2.10. The maximum absolute atomic E-state index is 12.7. The fourth-order valence-corrected chi connectivity index (χ4v) is 3.34. The van der Waals surface area contributed by atoms with Crippen LogP contribution in [0.4, 0.5) is 0 Å². The number of imide groups is 1. The van der Waals surface area contributed by atoms with Crippen LogP contribution >= 0.6 is 12.2 Å². The molecule has 2 rings (SSSR count). The highest BCUT2D eigenvalue weighted by atomic mass is 32.1. The number of nitrogens with two attached hydrogens (primary N) is 1. The summed E-state index contributed by atoms with van der Waals surface area (Å²) in [5.74, 6) is -1.03. The third kappa shape index (κ3) is 3.40. The molecule has 1 aliphatic heterocycles. The van der Waals surface area contributed by atoms with Gasteiger partial charge in [-0.15, -0.1) is 0 Å². The maximum atomic E-state index is 12.7. The van der Waals surface area contributed by atoms with E-state index in [4.69, 9.17) is 18.0 Å². The quantitative estimate of drug-likeness (QED) is 0.401. The maximum Gasteiger partial charge on any atom is 0.249 e. The summed E-state index contributed by atoms with van der Waals surface area (Å²) < 4.78 is 0. The molecule has 21 heavy (non-hydrogen) atoms. The van der Waals surface area contributed by atoms with E-state index in [1.54, 1.807) is 0 Å². The molecule has 1 saturated heterocycles. The fourth-order valence-electron chi connectivity index (χ4n) is 3.05. The van der Waals surface area contributed by atoms with Crippen molar-refractivity contribution < 1.29 is 14.4 Å². The van der Waals surface area contributed by atoms with Crippen molar-refractivity contribution in [1.29, 1.82) is 0 Å². The van der Waals surface area contributed by atoms with Crippen LogP contribution < -0.4 is 16.4 Å². The standard InChI is InChI=1S/C14H21N3O3S/c15-12(21)14(7-3-1-2-4-8-14)13(20)16-9-5-6-10(18)17-11(9)19/h9H,1-8H2,(H2,15,21)(H,16,20)(H,17,18,19). The second-order valence-electron chi connectivity index (χ2n) is 5.84. The molecule has 7 heteroatoms. The molecule has 0 radical (unpaired) electrons. The number of hydrogen-bond donors (Lipinski definition) is 3. The minimum Gasteiger partial charge on any atom is -0.392 e. The molecule has 6 nitrogen and oxygen atoms in total. The first-order valence-corrected chi connectivity index (χ1v) is 7.81. The molecule has 0 spiro atoms. The molecule has 1 unspecified atom stereocenters. The first-order chi connectivity index (χ1) is 9.95. The Kier molecular flexibility index (Phi) is 4.92. The Hall–Kier alpha value is -1.50. The van der Waals surface area contributed by atoms with Gasteiger partial charge in [-0.3, -0.25) is 19.7 Å². The summed E-state index contributed by atoms with van der Waals surface area (Å²) in [5, 5.41) is 4.97. The van der Waals surface area contributed by atoms with Gasteiger partial charge in [0, 0.05) is 6.42 Å². The molecule has 1 saturated carbocycles. The molecule has 0 aromatic carbocycles.